The van der Waals surface area contributed by atoms with Crippen molar-refractivity contribution in [1.29, 1.82) is 0 Å². The van der Waals surface area contributed by atoms with E-state index in [4.69, 9.17) is 10.6 Å². The number of rotatable bonds is 11. The average Bonchev–Trinajstić information content (AvgIpc) is 3.74. The first-order valence-electron chi connectivity index (χ1n) is 13.9. The van der Waals surface area contributed by atoms with Crippen molar-refractivity contribution in [2.45, 2.75) is 35.7 Å². The molecule has 3 aliphatic heterocycles. The number of nitrogens with two attached hydrogens (primary N) is 1. The Kier molecular flexibility index (Phi) is 8.90. The fraction of sp³-hybridized carbons (Fsp3) is 0.346. The van der Waals surface area contributed by atoms with Gasteiger partial charge in [-0.05, 0) is 32.0 Å². The van der Waals surface area contributed by atoms with Crippen LogP contribution in [0.4, 0.5) is 9.93 Å². The van der Waals surface area contributed by atoms with Gasteiger partial charge in [-0.3, -0.25) is 24.7 Å². The second kappa shape index (κ2) is 12.6. The summed E-state index contributed by atoms with van der Waals surface area (Å²) in [6, 6.07) is 0.872. The van der Waals surface area contributed by atoms with Crippen LogP contribution in [0.3, 0.4) is 0 Å². The van der Waals surface area contributed by atoms with Crippen molar-refractivity contribution >= 4 is 75.3 Å². The zero-order valence-corrected chi connectivity index (χ0v) is 26.9. The second-order valence-corrected chi connectivity index (χ2v) is 13.4. The van der Waals surface area contributed by atoms with Crippen LogP contribution in [0.1, 0.15) is 25.1 Å². The van der Waals surface area contributed by atoms with Gasteiger partial charge in [0.25, 0.3) is 11.8 Å². The maximum absolute atomic E-state index is 13.4. The lowest BCUT2D eigenvalue weighted by Crippen LogP contribution is -2.68. The summed E-state index contributed by atoms with van der Waals surface area (Å²) in [5.74, 6) is -6.80. The van der Waals surface area contributed by atoms with Gasteiger partial charge in [0, 0.05) is 17.5 Å². The molecule has 3 atom stereocenters. The van der Waals surface area contributed by atoms with E-state index >= 15 is 0 Å². The molecule has 23 heteroatoms. The Morgan fingerprint density at radius 2 is 1.82 bits per heavy atom. The van der Waals surface area contributed by atoms with Crippen LogP contribution >= 0.6 is 23.1 Å². The zero-order valence-electron chi connectivity index (χ0n) is 25.3. The van der Waals surface area contributed by atoms with Gasteiger partial charge in [0.05, 0.1) is 13.1 Å². The van der Waals surface area contributed by atoms with Crippen molar-refractivity contribution in [2.75, 3.05) is 25.4 Å². The zero-order chi connectivity index (χ0) is 36.0. The number of fused-ring (bicyclic) bond motifs is 1. The van der Waals surface area contributed by atoms with Gasteiger partial charge in [0.15, 0.2) is 28.1 Å². The number of anilines is 1. The highest BCUT2D eigenvalue weighted by Gasteiger charge is 2.66. The van der Waals surface area contributed by atoms with Crippen molar-refractivity contribution in [3.63, 3.8) is 0 Å². The van der Waals surface area contributed by atoms with Gasteiger partial charge in [-0.15, -0.1) is 11.3 Å². The molecule has 0 aliphatic carbocycles. The number of phenols is 2. The van der Waals surface area contributed by atoms with E-state index in [1.54, 1.807) is 0 Å². The molecule has 1 unspecified atom stereocenters. The number of amides is 5. The van der Waals surface area contributed by atoms with E-state index in [1.807, 2.05) is 0 Å². The largest absolute Gasteiger partial charge is 0.504 e. The van der Waals surface area contributed by atoms with E-state index in [2.05, 4.69) is 26.0 Å². The fourth-order valence-corrected chi connectivity index (χ4v) is 7.06. The number of carboxylic acid groups (broad SMARTS) is 2. The van der Waals surface area contributed by atoms with Crippen LogP contribution in [0.25, 0.3) is 0 Å². The van der Waals surface area contributed by atoms with Gasteiger partial charge in [-0.2, -0.15) is 0 Å². The summed E-state index contributed by atoms with van der Waals surface area (Å²) in [5, 5.41) is 58.6. The lowest BCUT2D eigenvalue weighted by Gasteiger charge is -2.41. The number of nitrogen functional groups attached to an aromatic ring is 1. The number of hydrazine groups is 1. The van der Waals surface area contributed by atoms with Crippen LogP contribution in [0.5, 0.6) is 11.5 Å². The van der Waals surface area contributed by atoms with E-state index in [0.717, 1.165) is 44.3 Å². The third-order valence-electron chi connectivity index (χ3n) is 7.57. The van der Waals surface area contributed by atoms with Crippen molar-refractivity contribution in [3.8, 4) is 11.5 Å². The maximum atomic E-state index is 13.4. The number of β-lactam (4-membered cyclic amide) rings is 1. The smallest absolute Gasteiger partial charge is 0.350 e. The molecule has 9 N–H and O–H groups in total. The normalized spacial score (nSPS) is 22.4. The minimum absolute atomic E-state index is 0.0523. The number of thioether (sulfide) groups is 1. The number of nitrogens with zero attached hydrogens (tertiary/aromatic N) is 6. The van der Waals surface area contributed by atoms with Crippen molar-refractivity contribution in [2.24, 2.45) is 10.3 Å². The monoisotopic (exact) mass is 721 g/mol. The van der Waals surface area contributed by atoms with Crippen molar-refractivity contribution in [3.05, 3.63) is 34.8 Å². The number of carbonyl (C=O) groups excluding carboxylic acids is 4. The number of oxime groups is 2. The van der Waals surface area contributed by atoms with E-state index < -0.39 is 87.0 Å². The maximum Gasteiger partial charge on any atom is 0.350 e. The second-order valence-electron chi connectivity index (χ2n) is 11.1. The highest BCUT2D eigenvalue weighted by atomic mass is 32.2. The Balaban J connectivity index is 1.31. The van der Waals surface area contributed by atoms with E-state index in [0.29, 0.717) is 11.8 Å². The summed E-state index contributed by atoms with van der Waals surface area (Å²) in [4.78, 5) is 86.0. The number of thiazole rings is 1. The van der Waals surface area contributed by atoms with Gasteiger partial charge >= 0.3 is 18.0 Å². The summed E-state index contributed by atoms with van der Waals surface area (Å²) in [6.07, 6.45) is 0. The number of phenolic OH excluding ortho intramolecular Hbond substituents is 2. The number of aliphatic carboxylic acids is 2. The third-order valence-corrected chi connectivity index (χ3v) is 9.92. The van der Waals surface area contributed by atoms with E-state index in [9.17, 15) is 54.4 Å². The van der Waals surface area contributed by atoms with E-state index in [-0.39, 0.29) is 29.5 Å². The predicted octanol–water partition coefficient (Wildman–Crippen LogP) is -1.45. The molecule has 0 saturated carbocycles. The minimum Gasteiger partial charge on any atom is -0.504 e. The summed E-state index contributed by atoms with van der Waals surface area (Å²) in [7, 11) is 0. The standard InChI is InChI=1S/C26H27N9O12S2/c1-25(2,21(41)42)47-32-15(11-8-48-23(27)28-11)17(38)29-16-19(40)33-9-26(22(43)44,49-20(16)33)34-5-6-35(24(34)45)30-18(39)14(31-46)10-3-4-12(36)13(37)7-10/h3-4,7-8,16,20,36-37,46H,5-6,9H2,1-2H3,(H2,27,28)(H,29,38)(H,30,39)(H,41,42)(H,43,44)/b31-14-,32-15-/t16-,20-,26?/m1/s1. The number of hydrogen-bond donors (Lipinski definition) is 8. The lowest BCUT2D eigenvalue weighted by atomic mass is 10.1. The molecule has 5 rings (SSSR count). The molecule has 21 nitrogen and oxygen atoms in total. The van der Waals surface area contributed by atoms with E-state index in [1.165, 1.54) is 19.2 Å². The molecule has 3 saturated heterocycles. The summed E-state index contributed by atoms with van der Waals surface area (Å²) >= 11 is 1.65. The molecule has 1 aromatic carbocycles. The lowest BCUT2D eigenvalue weighted by molar-refractivity contribution is -0.161. The first-order valence-corrected chi connectivity index (χ1v) is 15.6. The van der Waals surface area contributed by atoms with Crippen LogP contribution in [0.2, 0.25) is 0 Å². The topological polar surface area (TPSA) is 310 Å². The highest BCUT2D eigenvalue weighted by Crippen LogP contribution is 2.49. The number of urea groups is 1. The SMILES string of the molecule is CC(C)(O/N=C(\C(=O)N[C@@H]1C(=O)N2CC(C(=O)O)(N3CCN(NC(=O)/C(=N\O)c4ccc(O)c(O)c4)C3=O)S[C@H]12)c1csc(N)n1)C(=O)O. The predicted molar refractivity (Wildman–Crippen MR) is 166 cm³/mol. The molecule has 0 spiro atoms. The minimum atomic E-state index is -2.05. The molecule has 0 bridgehead atoms. The van der Waals surface area contributed by atoms with Crippen LogP contribution in [0.15, 0.2) is 33.9 Å². The van der Waals surface area contributed by atoms with Crippen molar-refractivity contribution < 1.29 is 59.2 Å². The Bertz CT molecular complexity index is 1830. The molecule has 0 radical (unpaired) electrons. The fourth-order valence-electron chi connectivity index (χ4n) is 4.87. The quantitative estimate of drug-likeness (QED) is 0.0433. The molecule has 49 heavy (non-hydrogen) atoms. The molecule has 3 fully saturated rings. The number of aromatic nitrogens is 1. The number of carboxylic acids is 2. The van der Waals surface area contributed by atoms with Gasteiger partial charge in [0.2, 0.25) is 16.4 Å². The number of hydrogen-bond acceptors (Lipinski definition) is 16. The number of carbonyl (C=O) groups is 6. The number of nitrogens with one attached hydrogen (secondary N) is 2. The van der Waals surface area contributed by atoms with Gasteiger partial charge in [-0.1, -0.05) is 22.1 Å². The van der Waals surface area contributed by atoms with Crippen LogP contribution in [-0.4, -0.2) is 134 Å². The molecule has 5 amide bonds. The van der Waals surface area contributed by atoms with Crippen LogP contribution in [0, 0.1) is 0 Å². The Labute approximate surface area is 282 Å². The number of benzene rings is 1. The number of aromatic hydroxyl groups is 2. The molecular formula is C26H27N9O12S2. The van der Waals surface area contributed by atoms with Crippen LogP contribution in [-0.2, 0) is 28.8 Å². The van der Waals surface area contributed by atoms with Gasteiger partial charge in [0.1, 0.15) is 17.1 Å². The van der Waals surface area contributed by atoms with Crippen molar-refractivity contribution in [1.82, 2.24) is 30.5 Å². The first kappa shape index (κ1) is 34.5. The molecule has 260 valence electrons. The van der Waals surface area contributed by atoms with Gasteiger partial charge in [-0.25, -0.2) is 24.4 Å². The Morgan fingerprint density at radius 3 is 2.41 bits per heavy atom. The summed E-state index contributed by atoms with van der Waals surface area (Å²) < 4.78 is 0. The third kappa shape index (κ3) is 6.15. The highest BCUT2D eigenvalue weighted by molar-refractivity contribution is 8.02. The van der Waals surface area contributed by atoms with Crippen LogP contribution < -0.4 is 16.5 Å². The average molecular weight is 722 g/mol. The first-order chi connectivity index (χ1) is 23.0. The molecule has 4 heterocycles. The van der Waals surface area contributed by atoms with Gasteiger partial charge < -0.3 is 46.4 Å². The Morgan fingerprint density at radius 1 is 1.10 bits per heavy atom. The summed E-state index contributed by atoms with van der Waals surface area (Å²) in [6.45, 7) is 1.44. The summed E-state index contributed by atoms with van der Waals surface area (Å²) in [5.41, 5.74) is 4.70. The molecule has 2 aromatic rings. The molecule has 1 aromatic heterocycles. The molecular weight excluding hydrogens is 694 g/mol. The molecule has 3 aliphatic rings. The Hall–Kier alpha value is -5.84.